The van der Waals surface area contributed by atoms with Crippen molar-refractivity contribution >= 4 is 65.9 Å². The van der Waals surface area contributed by atoms with Crippen LogP contribution < -0.4 is 5.32 Å². The maximum absolute atomic E-state index is 5.13. The summed E-state index contributed by atoms with van der Waals surface area (Å²) in [5.74, 6) is 1.85. The van der Waals surface area contributed by atoms with Gasteiger partial charge in [0, 0.05) is 32.8 Å². The molecule has 5 heteroatoms. The van der Waals surface area contributed by atoms with Gasteiger partial charge < -0.3 is 14.9 Å². The maximum atomic E-state index is 5.13. The summed E-state index contributed by atoms with van der Waals surface area (Å²) in [5, 5.41) is 11.3. The summed E-state index contributed by atoms with van der Waals surface area (Å²) >= 11 is 0. The van der Waals surface area contributed by atoms with Crippen molar-refractivity contribution in [3.05, 3.63) is 175 Å². The van der Waals surface area contributed by atoms with E-state index in [9.17, 15) is 0 Å². The molecule has 1 aliphatic carbocycles. The largest absolute Gasteiger partial charge is 0.357 e. The zero-order chi connectivity index (χ0) is 33.5. The monoisotopic (exact) mass is 655 g/mol. The second-order valence-electron chi connectivity index (χ2n) is 13.6. The van der Waals surface area contributed by atoms with E-state index in [-0.39, 0.29) is 6.04 Å². The van der Waals surface area contributed by atoms with Crippen LogP contribution in [0, 0.1) is 0 Å². The van der Waals surface area contributed by atoms with E-state index in [4.69, 9.17) is 4.99 Å². The Morgan fingerprint density at radius 1 is 0.588 bits per heavy atom. The van der Waals surface area contributed by atoms with Gasteiger partial charge in [-0.2, -0.15) is 0 Å². The first kappa shape index (κ1) is 28.3. The van der Waals surface area contributed by atoms with E-state index in [0.29, 0.717) is 0 Å². The summed E-state index contributed by atoms with van der Waals surface area (Å²) in [5.41, 5.74) is 10.3. The third-order valence-electron chi connectivity index (χ3n) is 10.7. The van der Waals surface area contributed by atoms with Gasteiger partial charge >= 0.3 is 0 Å². The first-order valence-electron chi connectivity index (χ1n) is 17.8. The Morgan fingerprint density at radius 3 is 2.29 bits per heavy atom. The molecule has 5 nitrogen and oxygen atoms in total. The number of H-pyrrole nitrogens is 1. The first-order valence-corrected chi connectivity index (χ1v) is 17.8. The Hall–Kier alpha value is -6.59. The van der Waals surface area contributed by atoms with E-state index < -0.39 is 0 Å². The Morgan fingerprint density at radius 2 is 1.39 bits per heavy atom. The van der Waals surface area contributed by atoms with E-state index in [0.717, 1.165) is 52.6 Å². The Balaban J connectivity index is 1.14. The highest BCUT2D eigenvalue weighted by molar-refractivity contribution is 6.25. The number of aromatic nitrogens is 3. The predicted molar refractivity (Wildman–Crippen MR) is 212 cm³/mol. The predicted octanol–water partition coefficient (Wildman–Crippen LogP) is 11.4. The second-order valence-corrected chi connectivity index (χ2v) is 13.6. The van der Waals surface area contributed by atoms with Gasteiger partial charge in [0.05, 0.1) is 39.5 Å². The van der Waals surface area contributed by atoms with Crippen LogP contribution in [0.15, 0.2) is 168 Å². The van der Waals surface area contributed by atoms with Crippen molar-refractivity contribution in [1.29, 1.82) is 0 Å². The van der Waals surface area contributed by atoms with E-state index in [2.05, 4.69) is 177 Å². The van der Waals surface area contributed by atoms with Gasteiger partial charge in [-0.05, 0) is 83.8 Å². The number of hydrogen-bond acceptors (Lipinski definition) is 2. The average molecular weight is 656 g/mol. The molecular weight excluding hydrogens is 623 g/mol. The lowest BCUT2D eigenvalue weighted by atomic mass is 9.92. The lowest BCUT2D eigenvalue weighted by Crippen LogP contribution is -2.33. The molecular formula is C46H33N5. The van der Waals surface area contributed by atoms with Crippen molar-refractivity contribution in [2.45, 2.75) is 18.9 Å². The topological polar surface area (TPSA) is 50.0 Å². The molecule has 242 valence electrons. The van der Waals surface area contributed by atoms with Gasteiger partial charge in [0.25, 0.3) is 0 Å². The van der Waals surface area contributed by atoms with Crippen LogP contribution in [0.1, 0.15) is 30.1 Å². The molecule has 0 spiro atoms. The van der Waals surface area contributed by atoms with Crippen molar-refractivity contribution < 1.29 is 0 Å². The fourth-order valence-corrected chi connectivity index (χ4v) is 8.46. The van der Waals surface area contributed by atoms with Gasteiger partial charge in [0.1, 0.15) is 5.82 Å². The molecule has 0 bridgehead atoms. The van der Waals surface area contributed by atoms with Crippen LogP contribution in [0.2, 0.25) is 0 Å². The number of para-hydroxylation sites is 3. The third-order valence-corrected chi connectivity index (χ3v) is 10.7. The molecule has 11 rings (SSSR count). The highest BCUT2D eigenvalue weighted by Crippen LogP contribution is 2.42. The molecule has 0 fully saturated rings. The van der Waals surface area contributed by atoms with Gasteiger partial charge in [-0.3, -0.25) is 4.57 Å². The summed E-state index contributed by atoms with van der Waals surface area (Å²) in [6.07, 6.45) is 9.04. The molecule has 3 aromatic heterocycles. The number of rotatable bonds is 4. The standard InChI is InChI=1S/C46H33N5/c1-3-14-30(15-4-1)45-34-20-9-11-21-37(34)48-46(49-45)38-24-26-43(47-38)51-39-22-12-10-19-33(39)35-27-36-42(28-41(35)51)50(31-16-5-2-6-17-31)40-25-23-29-13-7-8-18-32(29)44(36)40/h2-3,5-28,45,47H,1,4H2,(H,48,49). The van der Waals surface area contributed by atoms with Crippen molar-refractivity contribution in [1.82, 2.24) is 19.4 Å². The maximum Gasteiger partial charge on any atom is 0.151 e. The summed E-state index contributed by atoms with van der Waals surface area (Å²) in [6.45, 7) is 0. The number of fused-ring (bicyclic) bond motifs is 9. The molecule has 51 heavy (non-hydrogen) atoms. The number of aliphatic imine (C=N–C) groups is 1. The molecule has 0 saturated carbocycles. The Kier molecular flexibility index (Phi) is 6.07. The number of aromatic amines is 1. The molecule has 0 amide bonds. The molecule has 6 aromatic carbocycles. The second kappa shape index (κ2) is 11.0. The number of allylic oxidation sites excluding steroid dienone is 2. The SMILES string of the molecule is C1=CC(C2NC(c3ccc(-n4c5ccccc5c5cc6c7c8ccccc8ccc7n(-c7ccccc7)c6cc54)[nH]3)=Nc3ccccc32)=CCC1. The van der Waals surface area contributed by atoms with Crippen molar-refractivity contribution in [3.63, 3.8) is 0 Å². The van der Waals surface area contributed by atoms with Crippen LogP contribution in [-0.4, -0.2) is 20.0 Å². The summed E-state index contributed by atoms with van der Waals surface area (Å²) in [6, 6.07) is 50.4. The van der Waals surface area contributed by atoms with Gasteiger partial charge in [-0.15, -0.1) is 0 Å². The molecule has 1 atom stereocenters. The molecule has 1 unspecified atom stereocenters. The van der Waals surface area contributed by atoms with E-state index in [1.165, 1.54) is 54.5 Å². The smallest absolute Gasteiger partial charge is 0.151 e. The minimum absolute atomic E-state index is 0.0505. The van der Waals surface area contributed by atoms with Crippen LogP contribution in [0.5, 0.6) is 0 Å². The molecule has 2 aliphatic rings. The number of benzene rings is 6. The van der Waals surface area contributed by atoms with Crippen molar-refractivity contribution in [3.8, 4) is 11.5 Å². The van der Waals surface area contributed by atoms with Crippen molar-refractivity contribution in [2.24, 2.45) is 4.99 Å². The number of hydrogen-bond donors (Lipinski definition) is 2. The lowest BCUT2D eigenvalue weighted by Gasteiger charge is -2.28. The van der Waals surface area contributed by atoms with Crippen molar-refractivity contribution in [2.75, 3.05) is 0 Å². The van der Waals surface area contributed by atoms with Crippen LogP contribution in [0.25, 0.3) is 65.9 Å². The third kappa shape index (κ3) is 4.25. The van der Waals surface area contributed by atoms with Gasteiger partial charge in [0.2, 0.25) is 0 Å². The Labute approximate surface area is 294 Å². The number of nitrogens with zero attached hydrogens (tertiary/aromatic N) is 3. The van der Waals surface area contributed by atoms with Crippen LogP contribution in [0.4, 0.5) is 5.69 Å². The highest BCUT2D eigenvalue weighted by atomic mass is 15.1. The van der Waals surface area contributed by atoms with E-state index in [1.807, 2.05) is 0 Å². The number of amidine groups is 1. The van der Waals surface area contributed by atoms with E-state index >= 15 is 0 Å². The van der Waals surface area contributed by atoms with Gasteiger partial charge in [-0.25, -0.2) is 4.99 Å². The normalized spacial score (nSPS) is 15.8. The molecule has 0 radical (unpaired) electrons. The molecule has 4 heterocycles. The zero-order valence-electron chi connectivity index (χ0n) is 27.8. The molecule has 2 N–H and O–H groups in total. The summed E-state index contributed by atoms with van der Waals surface area (Å²) in [7, 11) is 0. The molecule has 0 saturated heterocycles. The average Bonchev–Trinajstić information content (AvgIpc) is 3.90. The van der Waals surface area contributed by atoms with Gasteiger partial charge in [-0.1, -0.05) is 103 Å². The minimum Gasteiger partial charge on any atom is -0.357 e. The highest BCUT2D eigenvalue weighted by Gasteiger charge is 2.26. The minimum atomic E-state index is 0.0505. The molecule has 9 aromatic rings. The first-order chi connectivity index (χ1) is 25.3. The Bertz CT molecular complexity index is 2950. The van der Waals surface area contributed by atoms with Gasteiger partial charge in [0.15, 0.2) is 5.84 Å². The number of nitrogens with one attached hydrogen (secondary N) is 2. The fourth-order valence-electron chi connectivity index (χ4n) is 8.46. The van der Waals surface area contributed by atoms with Crippen LogP contribution in [0.3, 0.4) is 0 Å². The summed E-state index contributed by atoms with van der Waals surface area (Å²) < 4.78 is 4.80. The van der Waals surface area contributed by atoms with E-state index in [1.54, 1.807) is 0 Å². The van der Waals surface area contributed by atoms with Crippen LogP contribution >= 0.6 is 0 Å². The fraction of sp³-hybridized carbons (Fsp3) is 0.0652. The zero-order valence-corrected chi connectivity index (χ0v) is 27.8. The van der Waals surface area contributed by atoms with Crippen LogP contribution in [-0.2, 0) is 0 Å². The lowest BCUT2D eigenvalue weighted by molar-refractivity contribution is 0.735. The summed E-state index contributed by atoms with van der Waals surface area (Å²) in [4.78, 5) is 8.92. The molecule has 1 aliphatic heterocycles. The quantitative estimate of drug-likeness (QED) is 0.195.